The molecule has 0 saturated heterocycles. The Hall–Kier alpha value is -1.97. The third-order valence-corrected chi connectivity index (χ3v) is 4.90. The van der Waals surface area contributed by atoms with Crippen molar-refractivity contribution >= 4 is 17.9 Å². The van der Waals surface area contributed by atoms with Crippen LogP contribution in [0, 0.1) is 5.92 Å². The number of ether oxygens (including phenoxy) is 2. The Morgan fingerprint density at radius 3 is 2.50 bits per heavy atom. The molecule has 2 saturated carbocycles. The molecule has 0 radical (unpaired) electrons. The van der Waals surface area contributed by atoms with E-state index in [0.29, 0.717) is 0 Å². The van der Waals surface area contributed by atoms with Gasteiger partial charge in [-0.15, -0.1) is 0 Å². The van der Waals surface area contributed by atoms with Gasteiger partial charge < -0.3 is 14.8 Å². The maximum Gasteiger partial charge on any atom is 0.508 e. The summed E-state index contributed by atoms with van der Waals surface area (Å²) in [5, 5.41) is 3.48. The highest BCUT2D eigenvalue weighted by Crippen LogP contribution is 2.26. The SMILES string of the molecule is O=C(OC/C=C/c1ccc(NCC2CCC2)cc1)OC1CCCC1. The maximum atomic E-state index is 11.5. The molecule has 0 amide bonds. The minimum Gasteiger partial charge on any atom is -0.431 e. The van der Waals surface area contributed by atoms with E-state index in [9.17, 15) is 4.79 Å². The summed E-state index contributed by atoms with van der Waals surface area (Å²) in [7, 11) is 0. The van der Waals surface area contributed by atoms with Gasteiger partial charge in [-0.3, -0.25) is 0 Å². The van der Waals surface area contributed by atoms with Crippen molar-refractivity contribution in [3.8, 4) is 0 Å². The van der Waals surface area contributed by atoms with Crippen molar-refractivity contribution in [2.24, 2.45) is 5.92 Å². The second-order valence-corrected chi connectivity index (χ2v) is 6.79. The quantitative estimate of drug-likeness (QED) is 0.715. The lowest BCUT2D eigenvalue weighted by Gasteiger charge is -2.25. The Labute approximate surface area is 144 Å². The molecule has 24 heavy (non-hydrogen) atoms. The van der Waals surface area contributed by atoms with E-state index in [4.69, 9.17) is 9.47 Å². The molecule has 4 nitrogen and oxygen atoms in total. The van der Waals surface area contributed by atoms with E-state index >= 15 is 0 Å². The number of benzene rings is 1. The fourth-order valence-corrected chi connectivity index (χ4v) is 3.15. The van der Waals surface area contributed by atoms with Crippen molar-refractivity contribution in [3.05, 3.63) is 35.9 Å². The first-order valence-electron chi connectivity index (χ1n) is 9.13. The number of nitrogens with one attached hydrogen (secondary N) is 1. The number of hydrogen-bond acceptors (Lipinski definition) is 4. The molecule has 0 bridgehead atoms. The van der Waals surface area contributed by atoms with Crippen LogP contribution < -0.4 is 5.32 Å². The molecule has 1 aromatic carbocycles. The second kappa shape index (κ2) is 8.76. The van der Waals surface area contributed by atoms with Gasteiger partial charge in [0.1, 0.15) is 12.7 Å². The van der Waals surface area contributed by atoms with Gasteiger partial charge in [0.25, 0.3) is 0 Å². The fraction of sp³-hybridized carbons (Fsp3) is 0.550. The third kappa shape index (κ3) is 5.29. The number of carbonyl (C=O) groups excluding carboxylic acids is 1. The Morgan fingerprint density at radius 2 is 1.83 bits per heavy atom. The van der Waals surface area contributed by atoms with Crippen LogP contribution >= 0.6 is 0 Å². The minimum absolute atomic E-state index is 0.0569. The third-order valence-electron chi connectivity index (χ3n) is 4.90. The minimum atomic E-state index is -0.554. The van der Waals surface area contributed by atoms with Crippen LogP contribution in [0.4, 0.5) is 10.5 Å². The van der Waals surface area contributed by atoms with Crippen LogP contribution in [0.3, 0.4) is 0 Å². The Kier molecular flexibility index (Phi) is 6.16. The van der Waals surface area contributed by atoms with Gasteiger partial charge in [-0.05, 0) is 68.2 Å². The lowest BCUT2D eigenvalue weighted by Crippen LogP contribution is -2.20. The molecule has 130 valence electrons. The molecule has 0 atom stereocenters. The summed E-state index contributed by atoms with van der Waals surface area (Å²) in [5.41, 5.74) is 2.26. The van der Waals surface area contributed by atoms with Gasteiger partial charge >= 0.3 is 6.16 Å². The summed E-state index contributed by atoms with van der Waals surface area (Å²) in [5.74, 6) is 0.853. The van der Waals surface area contributed by atoms with Gasteiger partial charge in [-0.1, -0.05) is 24.6 Å². The van der Waals surface area contributed by atoms with Crippen LogP contribution in [0.5, 0.6) is 0 Å². The highest BCUT2D eigenvalue weighted by Gasteiger charge is 2.19. The zero-order valence-electron chi connectivity index (χ0n) is 14.2. The van der Waals surface area contributed by atoms with Crippen LogP contribution in [-0.4, -0.2) is 25.4 Å². The molecular formula is C20H27NO3. The molecule has 3 rings (SSSR count). The maximum absolute atomic E-state index is 11.5. The topological polar surface area (TPSA) is 47.6 Å². The monoisotopic (exact) mass is 329 g/mol. The molecule has 0 aliphatic heterocycles. The van der Waals surface area contributed by atoms with Crippen molar-refractivity contribution < 1.29 is 14.3 Å². The number of rotatable bonds is 7. The number of carbonyl (C=O) groups is 1. The summed E-state index contributed by atoms with van der Waals surface area (Å²) >= 11 is 0. The van der Waals surface area contributed by atoms with Crippen molar-refractivity contribution in [2.75, 3.05) is 18.5 Å². The summed E-state index contributed by atoms with van der Waals surface area (Å²) in [4.78, 5) is 11.5. The average Bonchev–Trinajstić information content (AvgIpc) is 3.04. The van der Waals surface area contributed by atoms with E-state index in [1.165, 1.54) is 19.3 Å². The van der Waals surface area contributed by atoms with E-state index in [1.807, 2.05) is 12.2 Å². The summed E-state index contributed by atoms with van der Waals surface area (Å²) < 4.78 is 10.3. The molecule has 1 aromatic rings. The highest BCUT2D eigenvalue weighted by atomic mass is 16.7. The predicted molar refractivity (Wildman–Crippen MR) is 96.0 cm³/mol. The Balaban J connectivity index is 1.33. The smallest absolute Gasteiger partial charge is 0.431 e. The van der Waals surface area contributed by atoms with Gasteiger partial charge in [0, 0.05) is 12.2 Å². The molecule has 0 spiro atoms. The standard InChI is InChI=1S/C20H27NO3/c22-20(24-19-8-1-2-9-19)23-14-4-7-16-10-12-18(13-11-16)21-15-17-5-3-6-17/h4,7,10-13,17,19,21H,1-3,5-6,8-9,14-15H2/b7-4+. The van der Waals surface area contributed by atoms with Crippen LogP contribution in [0.25, 0.3) is 6.08 Å². The zero-order valence-corrected chi connectivity index (χ0v) is 14.2. The van der Waals surface area contributed by atoms with Crippen LogP contribution in [0.15, 0.2) is 30.3 Å². The second-order valence-electron chi connectivity index (χ2n) is 6.79. The van der Waals surface area contributed by atoms with Crippen LogP contribution in [0.1, 0.15) is 50.5 Å². The largest absolute Gasteiger partial charge is 0.508 e. The number of hydrogen-bond donors (Lipinski definition) is 1. The first-order chi connectivity index (χ1) is 11.8. The fourth-order valence-electron chi connectivity index (χ4n) is 3.15. The summed E-state index contributed by atoms with van der Waals surface area (Å²) in [6.07, 6.45) is 11.6. The van der Waals surface area contributed by atoms with Gasteiger partial charge in [-0.25, -0.2) is 4.79 Å². The van der Waals surface area contributed by atoms with E-state index < -0.39 is 6.16 Å². The molecule has 1 N–H and O–H groups in total. The first-order valence-corrected chi connectivity index (χ1v) is 9.13. The van der Waals surface area contributed by atoms with E-state index in [1.54, 1.807) is 0 Å². The first kappa shape index (κ1) is 16.9. The van der Waals surface area contributed by atoms with Gasteiger partial charge in [0.05, 0.1) is 0 Å². The Bertz CT molecular complexity index is 543. The van der Waals surface area contributed by atoms with Gasteiger partial charge in [-0.2, -0.15) is 0 Å². The van der Waals surface area contributed by atoms with Crippen LogP contribution in [-0.2, 0) is 9.47 Å². The number of anilines is 1. The molecule has 0 unspecified atom stereocenters. The van der Waals surface area contributed by atoms with Gasteiger partial charge in [0.2, 0.25) is 0 Å². The van der Waals surface area contributed by atoms with Crippen molar-refractivity contribution in [2.45, 2.75) is 51.0 Å². The Morgan fingerprint density at radius 1 is 1.08 bits per heavy atom. The molecule has 2 aliphatic carbocycles. The lowest BCUT2D eigenvalue weighted by atomic mass is 9.85. The normalized spacial score (nSPS) is 18.5. The average molecular weight is 329 g/mol. The zero-order chi connectivity index (χ0) is 16.6. The van der Waals surface area contributed by atoms with Crippen molar-refractivity contribution in [3.63, 3.8) is 0 Å². The lowest BCUT2D eigenvalue weighted by molar-refractivity contribution is 0.0321. The highest BCUT2D eigenvalue weighted by molar-refractivity contribution is 5.61. The van der Waals surface area contributed by atoms with E-state index in [-0.39, 0.29) is 12.7 Å². The van der Waals surface area contributed by atoms with E-state index in [2.05, 4.69) is 29.6 Å². The molecule has 0 heterocycles. The van der Waals surface area contributed by atoms with Gasteiger partial charge in [0.15, 0.2) is 0 Å². The molecule has 2 fully saturated rings. The molecule has 4 heteroatoms. The summed E-state index contributed by atoms with van der Waals surface area (Å²) in [6.45, 7) is 1.32. The molecular weight excluding hydrogens is 302 g/mol. The van der Waals surface area contributed by atoms with Crippen LogP contribution in [0.2, 0.25) is 0 Å². The van der Waals surface area contributed by atoms with E-state index in [0.717, 1.165) is 49.4 Å². The summed E-state index contributed by atoms with van der Waals surface area (Å²) in [6, 6.07) is 8.31. The molecule has 2 aliphatic rings. The van der Waals surface area contributed by atoms with Crippen molar-refractivity contribution in [1.82, 2.24) is 0 Å². The molecule has 0 aromatic heterocycles. The predicted octanol–water partition coefficient (Wildman–Crippen LogP) is 5.01. The van der Waals surface area contributed by atoms with Crippen molar-refractivity contribution in [1.29, 1.82) is 0 Å².